The van der Waals surface area contributed by atoms with E-state index in [1.807, 2.05) is 43.3 Å². The zero-order chi connectivity index (χ0) is 18.2. The number of anilines is 2. The van der Waals surface area contributed by atoms with E-state index >= 15 is 0 Å². The van der Waals surface area contributed by atoms with E-state index in [1.165, 1.54) is 5.56 Å². The fraction of sp³-hybridized carbons (Fsp3) is 0.381. The van der Waals surface area contributed by atoms with Gasteiger partial charge in [0.25, 0.3) is 0 Å². The van der Waals surface area contributed by atoms with Crippen molar-refractivity contribution < 1.29 is 9.53 Å². The smallest absolute Gasteiger partial charge is 0.243 e. The molecule has 25 heavy (non-hydrogen) atoms. The molecule has 0 spiro atoms. The summed E-state index contributed by atoms with van der Waals surface area (Å²) < 4.78 is 5.73. The highest BCUT2D eigenvalue weighted by Crippen LogP contribution is 2.19. The fourth-order valence-corrected chi connectivity index (χ4v) is 2.40. The second kappa shape index (κ2) is 9.11. The lowest BCUT2D eigenvalue weighted by Gasteiger charge is -2.12. The highest BCUT2D eigenvalue weighted by molar-refractivity contribution is 5.94. The van der Waals surface area contributed by atoms with E-state index in [0.717, 1.165) is 29.1 Å². The summed E-state index contributed by atoms with van der Waals surface area (Å²) in [6.07, 6.45) is 1.01. The van der Waals surface area contributed by atoms with E-state index in [-0.39, 0.29) is 12.5 Å². The average Bonchev–Trinajstić information content (AvgIpc) is 2.56. The van der Waals surface area contributed by atoms with Crippen LogP contribution in [0.1, 0.15) is 31.4 Å². The molecular formula is C21H28N2O2. The van der Waals surface area contributed by atoms with Crippen molar-refractivity contribution in [2.75, 3.05) is 23.8 Å². The van der Waals surface area contributed by atoms with Gasteiger partial charge in [0.05, 0.1) is 13.2 Å². The summed E-state index contributed by atoms with van der Waals surface area (Å²) in [5.74, 6) is 1.31. The summed E-state index contributed by atoms with van der Waals surface area (Å²) in [6, 6.07) is 13.6. The lowest BCUT2D eigenvalue weighted by molar-refractivity contribution is -0.114. The molecule has 4 heteroatoms. The Morgan fingerprint density at radius 3 is 2.64 bits per heavy atom. The Kier molecular flexibility index (Phi) is 6.87. The molecule has 0 saturated heterocycles. The Hall–Kier alpha value is -2.49. The molecule has 2 aromatic carbocycles. The van der Waals surface area contributed by atoms with Crippen LogP contribution in [-0.2, 0) is 4.79 Å². The van der Waals surface area contributed by atoms with Gasteiger partial charge in [-0.2, -0.15) is 0 Å². The Morgan fingerprint density at radius 1 is 1.12 bits per heavy atom. The summed E-state index contributed by atoms with van der Waals surface area (Å²) in [6.45, 7) is 9.36. The molecule has 134 valence electrons. The third-order valence-corrected chi connectivity index (χ3v) is 4.13. The number of aryl methyl sites for hydroxylation is 1. The molecule has 0 saturated carbocycles. The van der Waals surface area contributed by atoms with E-state index in [9.17, 15) is 4.79 Å². The molecule has 0 radical (unpaired) electrons. The van der Waals surface area contributed by atoms with Gasteiger partial charge < -0.3 is 15.4 Å². The zero-order valence-corrected chi connectivity index (χ0v) is 15.6. The predicted molar refractivity (Wildman–Crippen MR) is 104 cm³/mol. The predicted octanol–water partition coefficient (Wildman–Crippen LogP) is 4.78. The standard InChI is InChI=1S/C21H28N2O2/c1-15(2)11-12-25-19-9-6-8-18(13-19)23-21(24)14-22-20-10-5-7-16(3)17(20)4/h5-10,13,15,22H,11-12,14H2,1-4H3,(H,23,24). The number of ether oxygens (including phenoxy) is 1. The van der Waals surface area contributed by atoms with E-state index in [2.05, 4.69) is 37.5 Å². The second-order valence-corrected chi connectivity index (χ2v) is 6.71. The first-order valence-electron chi connectivity index (χ1n) is 8.78. The molecule has 2 aromatic rings. The van der Waals surface area contributed by atoms with Gasteiger partial charge in [-0.15, -0.1) is 0 Å². The van der Waals surface area contributed by atoms with Gasteiger partial charge in [0, 0.05) is 17.4 Å². The minimum absolute atomic E-state index is 0.0831. The maximum atomic E-state index is 12.2. The highest BCUT2D eigenvalue weighted by atomic mass is 16.5. The van der Waals surface area contributed by atoms with E-state index in [1.54, 1.807) is 0 Å². The molecule has 2 N–H and O–H groups in total. The Bertz CT molecular complexity index is 711. The minimum atomic E-state index is -0.0831. The van der Waals surface area contributed by atoms with Crippen LogP contribution >= 0.6 is 0 Å². The zero-order valence-electron chi connectivity index (χ0n) is 15.6. The van der Waals surface area contributed by atoms with Crippen LogP contribution in [0.15, 0.2) is 42.5 Å². The first kappa shape index (κ1) is 18.8. The monoisotopic (exact) mass is 340 g/mol. The van der Waals surface area contributed by atoms with Crippen molar-refractivity contribution in [2.24, 2.45) is 5.92 Å². The molecule has 0 fully saturated rings. The van der Waals surface area contributed by atoms with Crippen LogP contribution in [0, 0.1) is 19.8 Å². The largest absolute Gasteiger partial charge is 0.494 e. The van der Waals surface area contributed by atoms with Crippen LogP contribution < -0.4 is 15.4 Å². The lowest BCUT2D eigenvalue weighted by Crippen LogP contribution is -2.22. The topological polar surface area (TPSA) is 50.4 Å². The van der Waals surface area contributed by atoms with Crippen LogP contribution in [0.4, 0.5) is 11.4 Å². The van der Waals surface area contributed by atoms with Gasteiger partial charge in [0.1, 0.15) is 5.75 Å². The number of carbonyl (C=O) groups excluding carboxylic acids is 1. The summed E-state index contributed by atoms with van der Waals surface area (Å²) in [5.41, 5.74) is 4.10. The lowest BCUT2D eigenvalue weighted by atomic mass is 10.1. The van der Waals surface area contributed by atoms with Crippen molar-refractivity contribution >= 4 is 17.3 Å². The van der Waals surface area contributed by atoms with Crippen molar-refractivity contribution in [3.8, 4) is 5.75 Å². The van der Waals surface area contributed by atoms with Gasteiger partial charge in [-0.1, -0.05) is 32.0 Å². The Balaban J connectivity index is 1.86. The van der Waals surface area contributed by atoms with Gasteiger partial charge in [0.15, 0.2) is 0 Å². The number of hydrogen-bond acceptors (Lipinski definition) is 3. The number of nitrogens with one attached hydrogen (secondary N) is 2. The molecule has 0 atom stereocenters. The van der Waals surface area contributed by atoms with Gasteiger partial charge in [-0.25, -0.2) is 0 Å². The fourth-order valence-electron chi connectivity index (χ4n) is 2.40. The van der Waals surface area contributed by atoms with Crippen LogP contribution in [0.2, 0.25) is 0 Å². The van der Waals surface area contributed by atoms with Crippen LogP contribution in [-0.4, -0.2) is 19.1 Å². The Morgan fingerprint density at radius 2 is 1.88 bits per heavy atom. The molecule has 0 aliphatic heterocycles. The van der Waals surface area contributed by atoms with Gasteiger partial charge >= 0.3 is 0 Å². The van der Waals surface area contributed by atoms with Crippen LogP contribution in [0.3, 0.4) is 0 Å². The van der Waals surface area contributed by atoms with Crippen molar-refractivity contribution in [2.45, 2.75) is 34.1 Å². The summed E-state index contributed by atoms with van der Waals surface area (Å²) in [4.78, 5) is 12.2. The molecule has 0 unspecified atom stereocenters. The third kappa shape index (κ3) is 6.14. The minimum Gasteiger partial charge on any atom is -0.494 e. The van der Waals surface area contributed by atoms with E-state index in [0.29, 0.717) is 12.5 Å². The first-order chi connectivity index (χ1) is 12.0. The van der Waals surface area contributed by atoms with Crippen molar-refractivity contribution in [3.63, 3.8) is 0 Å². The average molecular weight is 340 g/mol. The molecule has 0 aromatic heterocycles. The van der Waals surface area contributed by atoms with Gasteiger partial charge in [-0.3, -0.25) is 4.79 Å². The van der Waals surface area contributed by atoms with Crippen molar-refractivity contribution in [1.82, 2.24) is 0 Å². The molecule has 0 aliphatic rings. The normalized spacial score (nSPS) is 10.6. The summed E-state index contributed by atoms with van der Waals surface area (Å²) in [7, 11) is 0. The third-order valence-electron chi connectivity index (χ3n) is 4.13. The maximum Gasteiger partial charge on any atom is 0.243 e. The number of benzene rings is 2. The van der Waals surface area contributed by atoms with Crippen LogP contribution in [0.25, 0.3) is 0 Å². The number of rotatable bonds is 8. The summed E-state index contributed by atoms with van der Waals surface area (Å²) >= 11 is 0. The number of carbonyl (C=O) groups is 1. The van der Waals surface area contributed by atoms with E-state index < -0.39 is 0 Å². The number of amides is 1. The molecule has 0 aliphatic carbocycles. The second-order valence-electron chi connectivity index (χ2n) is 6.71. The SMILES string of the molecule is Cc1cccc(NCC(=O)Nc2cccc(OCCC(C)C)c2)c1C. The van der Waals surface area contributed by atoms with Gasteiger partial charge in [0.2, 0.25) is 5.91 Å². The first-order valence-corrected chi connectivity index (χ1v) is 8.78. The molecule has 0 heterocycles. The van der Waals surface area contributed by atoms with E-state index in [4.69, 9.17) is 4.74 Å². The van der Waals surface area contributed by atoms with Crippen molar-refractivity contribution in [1.29, 1.82) is 0 Å². The Labute approximate surface area is 150 Å². The molecule has 1 amide bonds. The van der Waals surface area contributed by atoms with Crippen molar-refractivity contribution in [3.05, 3.63) is 53.6 Å². The quantitative estimate of drug-likeness (QED) is 0.727. The molecule has 4 nitrogen and oxygen atoms in total. The maximum absolute atomic E-state index is 12.2. The highest BCUT2D eigenvalue weighted by Gasteiger charge is 2.06. The molecule has 2 rings (SSSR count). The van der Waals surface area contributed by atoms with Gasteiger partial charge in [-0.05, 0) is 55.5 Å². The molecule has 0 bridgehead atoms. The summed E-state index contributed by atoms with van der Waals surface area (Å²) in [5, 5.41) is 6.10. The van der Waals surface area contributed by atoms with Crippen LogP contribution in [0.5, 0.6) is 5.75 Å². The number of hydrogen-bond donors (Lipinski definition) is 2. The molecular weight excluding hydrogens is 312 g/mol.